The maximum Gasteiger partial charge on any atom is 0.410 e. The Labute approximate surface area is 294 Å². The largest absolute Gasteiger partial charge is 0.493 e. The van der Waals surface area contributed by atoms with Crippen LogP contribution in [0.3, 0.4) is 0 Å². The number of pyridine rings is 2. The van der Waals surface area contributed by atoms with E-state index < -0.39 is 11.4 Å². The molecule has 0 unspecified atom stereocenters. The van der Waals surface area contributed by atoms with Crippen LogP contribution in [0.25, 0.3) is 27.6 Å². The lowest BCUT2D eigenvalue weighted by molar-refractivity contribution is 0.0273. The van der Waals surface area contributed by atoms with Crippen molar-refractivity contribution in [3.05, 3.63) is 77.1 Å². The highest BCUT2D eigenvalue weighted by Crippen LogP contribution is 2.35. The van der Waals surface area contributed by atoms with Crippen molar-refractivity contribution in [1.82, 2.24) is 24.8 Å². The molecule has 6 rings (SSSR count). The summed E-state index contributed by atoms with van der Waals surface area (Å²) in [5.41, 5.74) is 6.56. The molecular weight excluding hydrogens is 635 g/mol. The molecule has 1 N–H and O–H groups in total. The van der Waals surface area contributed by atoms with E-state index in [9.17, 15) is 14.0 Å². The van der Waals surface area contributed by atoms with Gasteiger partial charge in [0.1, 0.15) is 11.4 Å². The summed E-state index contributed by atoms with van der Waals surface area (Å²) < 4.78 is 24.8. The zero-order valence-electron chi connectivity index (χ0n) is 30.5. The Kier molecular flexibility index (Phi) is 11.1. The average Bonchev–Trinajstić information content (AvgIpc) is 3.56. The zero-order chi connectivity index (χ0) is 36.2. The number of methoxy groups -OCH3 is 1. The molecule has 2 aliphatic rings. The first-order chi connectivity index (χ1) is 23.9. The monoisotopic (exact) mass is 684 g/mol. The molecule has 2 amide bonds. The first kappa shape index (κ1) is 36.4. The van der Waals surface area contributed by atoms with Crippen LogP contribution in [0.1, 0.15) is 75.4 Å². The third kappa shape index (κ3) is 7.93. The zero-order valence-corrected chi connectivity index (χ0v) is 30.5. The molecule has 266 valence electrons. The highest BCUT2D eigenvalue weighted by molar-refractivity contribution is 6.05. The number of anilines is 1. The molecule has 1 saturated heterocycles. The van der Waals surface area contributed by atoms with E-state index in [0.29, 0.717) is 62.8 Å². The third-order valence-corrected chi connectivity index (χ3v) is 8.81. The molecule has 11 heteroatoms. The van der Waals surface area contributed by atoms with Gasteiger partial charge in [-0.3, -0.25) is 9.78 Å². The summed E-state index contributed by atoms with van der Waals surface area (Å²) in [6.45, 7) is 16.7. The van der Waals surface area contributed by atoms with E-state index in [1.54, 1.807) is 4.90 Å². The van der Waals surface area contributed by atoms with Crippen molar-refractivity contribution >= 4 is 34.3 Å². The Balaban J connectivity index is 0.00000239. The van der Waals surface area contributed by atoms with Crippen molar-refractivity contribution < 1.29 is 23.5 Å². The molecule has 0 bridgehead atoms. The Bertz CT molecular complexity index is 1890. The Hall–Kier alpha value is -4.93. The van der Waals surface area contributed by atoms with Gasteiger partial charge in [-0.15, -0.1) is 0 Å². The molecule has 0 spiro atoms. The Morgan fingerprint density at radius 2 is 1.72 bits per heavy atom. The molecular formula is C39H49FN6O4. The van der Waals surface area contributed by atoms with Crippen molar-refractivity contribution in [2.24, 2.45) is 0 Å². The van der Waals surface area contributed by atoms with Gasteiger partial charge in [0.2, 0.25) is 0 Å². The molecule has 2 aliphatic heterocycles. The lowest BCUT2D eigenvalue weighted by atomic mass is 9.97. The van der Waals surface area contributed by atoms with Crippen LogP contribution in [0, 0.1) is 12.7 Å². The quantitative estimate of drug-likeness (QED) is 0.223. The van der Waals surface area contributed by atoms with Gasteiger partial charge in [-0.05, 0) is 70.4 Å². The summed E-state index contributed by atoms with van der Waals surface area (Å²) in [5.74, 6) is 0.408. The lowest BCUT2D eigenvalue weighted by Crippen LogP contribution is -2.49. The number of hydrogen-bond donors (Lipinski definition) is 1. The first-order valence-electron chi connectivity index (χ1n) is 17.5. The highest BCUT2D eigenvalue weighted by Gasteiger charge is 2.28. The van der Waals surface area contributed by atoms with E-state index in [2.05, 4.69) is 35.1 Å². The first-order valence-corrected chi connectivity index (χ1v) is 17.5. The number of carbonyl (C=O) groups excluding carboxylic acids is 2. The van der Waals surface area contributed by atoms with E-state index in [1.807, 2.05) is 69.5 Å². The van der Waals surface area contributed by atoms with Gasteiger partial charge in [-0.25, -0.2) is 14.2 Å². The molecule has 1 aromatic carbocycles. The molecule has 0 saturated carbocycles. The van der Waals surface area contributed by atoms with Gasteiger partial charge < -0.3 is 29.2 Å². The van der Waals surface area contributed by atoms with E-state index in [0.717, 1.165) is 51.1 Å². The van der Waals surface area contributed by atoms with Gasteiger partial charge in [0, 0.05) is 77.9 Å². The van der Waals surface area contributed by atoms with Crippen LogP contribution in [0.15, 0.2) is 48.7 Å². The number of ether oxygens (including phenoxy) is 2. The molecule has 1 fully saturated rings. The number of aromatic amines is 1. The Morgan fingerprint density at radius 3 is 2.38 bits per heavy atom. The maximum absolute atomic E-state index is 14.1. The molecule has 0 aliphatic carbocycles. The molecule has 10 nitrogen and oxygen atoms in total. The summed E-state index contributed by atoms with van der Waals surface area (Å²) in [4.78, 5) is 45.3. The number of halogens is 1. The van der Waals surface area contributed by atoms with Gasteiger partial charge in [-0.1, -0.05) is 32.9 Å². The molecule has 0 atom stereocenters. The number of carbonyl (C=O) groups is 2. The maximum atomic E-state index is 14.1. The molecule has 5 heterocycles. The number of fused-ring (bicyclic) bond motifs is 1. The second-order valence-corrected chi connectivity index (χ2v) is 13.3. The number of rotatable bonds is 6. The predicted molar refractivity (Wildman–Crippen MR) is 196 cm³/mol. The summed E-state index contributed by atoms with van der Waals surface area (Å²) in [6, 6.07) is 11.4. The number of benzene rings is 1. The Morgan fingerprint density at radius 1 is 0.980 bits per heavy atom. The number of aromatic nitrogens is 3. The summed E-state index contributed by atoms with van der Waals surface area (Å²) in [6.07, 6.45) is 4.55. The van der Waals surface area contributed by atoms with Crippen molar-refractivity contribution in [3.63, 3.8) is 0 Å². The number of amides is 2. The fraction of sp³-hybridized carbons (Fsp3) is 0.436. The second kappa shape index (κ2) is 15.3. The van der Waals surface area contributed by atoms with E-state index >= 15 is 0 Å². The molecule has 3 aromatic heterocycles. The smallest absolute Gasteiger partial charge is 0.410 e. The van der Waals surface area contributed by atoms with Crippen LogP contribution in [-0.4, -0.2) is 88.7 Å². The summed E-state index contributed by atoms with van der Waals surface area (Å²) in [7, 11) is 1.49. The van der Waals surface area contributed by atoms with E-state index in [1.165, 1.54) is 19.4 Å². The third-order valence-electron chi connectivity index (χ3n) is 8.81. The second-order valence-electron chi connectivity index (χ2n) is 13.3. The molecule has 50 heavy (non-hydrogen) atoms. The van der Waals surface area contributed by atoms with Crippen molar-refractivity contribution in [1.29, 1.82) is 0 Å². The number of hydrogen-bond acceptors (Lipinski definition) is 7. The van der Waals surface area contributed by atoms with Gasteiger partial charge in [-0.2, -0.15) is 0 Å². The van der Waals surface area contributed by atoms with Crippen LogP contribution in [0.2, 0.25) is 0 Å². The minimum Gasteiger partial charge on any atom is -0.493 e. The molecule has 4 aromatic rings. The van der Waals surface area contributed by atoms with Gasteiger partial charge in [0.25, 0.3) is 5.91 Å². The van der Waals surface area contributed by atoms with Crippen LogP contribution >= 0.6 is 0 Å². The predicted octanol–water partition coefficient (Wildman–Crippen LogP) is 7.66. The average molecular weight is 685 g/mol. The SMILES string of the molecule is CC.CCc1ccc(-c2cc(C(=O)N3CCN(c4ncc(F)cc4OC)CC3)cc3cc(C4=CCCN(C(=O)OC(C)(C)C)C4)[nH]c23)c(C)n1. The van der Waals surface area contributed by atoms with Crippen molar-refractivity contribution in [3.8, 4) is 16.9 Å². The highest BCUT2D eigenvalue weighted by atomic mass is 19.1. The van der Waals surface area contributed by atoms with Crippen LogP contribution in [0.4, 0.5) is 15.0 Å². The van der Waals surface area contributed by atoms with Crippen LogP contribution in [-0.2, 0) is 11.2 Å². The van der Waals surface area contributed by atoms with Crippen molar-refractivity contribution in [2.45, 2.75) is 66.9 Å². The van der Waals surface area contributed by atoms with Gasteiger partial charge in [0.05, 0.1) is 25.4 Å². The standard InChI is InChI=1S/C37H43FN6O4.C2H6/c1-7-28-10-11-29(23(2)40-28)30-18-26(35(45)43-15-13-42(14-16-43)34-32(47-6)20-27(38)21-39-34)17-25-19-31(41-33(25)30)24-9-8-12-44(22-24)36(46)48-37(3,4)5;1-2/h9-11,17-21,41H,7-8,12-16,22H2,1-6H3;1-2H3. The van der Waals surface area contributed by atoms with Gasteiger partial charge >= 0.3 is 6.09 Å². The number of piperazine rings is 1. The minimum absolute atomic E-state index is 0.0663. The van der Waals surface area contributed by atoms with Crippen LogP contribution in [0.5, 0.6) is 5.75 Å². The number of nitrogens with one attached hydrogen (secondary N) is 1. The minimum atomic E-state index is -0.575. The van der Waals surface area contributed by atoms with Crippen molar-refractivity contribution in [2.75, 3.05) is 51.3 Å². The fourth-order valence-electron chi connectivity index (χ4n) is 6.37. The fourth-order valence-corrected chi connectivity index (χ4v) is 6.37. The number of H-pyrrole nitrogens is 1. The van der Waals surface area contributed by atoms with E-state index in [-0.39, 0.29) is 12.0 Å². The number of aryl methyl sites for hydroxylation is 2. The normalized spacial score (nSPS) is 15.0. The lowest BCUT2D eigenvalue weighted by Gasteiger charge is -2.36. The summed E-state index contributed by atoms with van der Waals surface area (Å²) >= 11 is 0. The topological polar surface area (TPSA) is 104 Å². The number of nitrogens with zero attached hydrogens (tertiary/aromatic N) is 5. The molecule has 0 radical (unpaired) electrons. The van der Waals surface area contributed by atoms with Gasteiger partial charge in [0.15, 0.2) is 11.6 Å². The van der Waals surface area contributed by atoms with Crippen LogP contribution < -0.4 is 9.64 Å². The van der Waals surface area contributed by atoms with E-state index in [4.69, 9.17) is 14.5 Å². The summed E-state index contributed by atoms with van der Waals surface area (Å²) in [5, 5.41) is 0.902.